The molecule has 3 nitrogen and oxygen atoms in total. The molecule has 1 heterocycles. The van der Waals surface area contributed by atoms with Crippen molar-refractivity contribution in [2.75, 3.05) is 5.32 Å². The highest BCUT2D eigenvalue weighted by Crippen LogP contribution is 2.14. The van der Waals surface area contributed by atoms with Gasteiger partial charge in [-0.1, -0.05) is 29.8 Å². The number of carbonyl (C=O) groups excluding carboxylic acids is 1. The average molecular weight is 338 g/mol. The van der Waals surface area contributed by atoms with E-state index in [4.69, 9.17) is 16.0 Å². The van der Waals surface area contributed by atoms with Crippen molar-refractivity contribution in [1.29, 1.82) is 0 Å². The van der Waals surface area contributed by atoms with Gasteiger partial charge in [-0.05, 0) is 60.2 Å². The van der Waals surface area contributed by atoms with Gasteiger partial charge in [0.2, 0.25) is 0 Å². The third-order valence-corrected chi connectivity index (χ3v) is 3.77. The van der Waals surface area contributed by atoms with Gasteiger partial charge < -0.3 is 9.73 Å². The number of ketones is 1. The summed E-state index contributed by atoms with van der Waals surface area (Å²) in [5.41, 5.74) is 2.51. The van der Waals surface area contributed by atoms with E-state index in [9.17, 15) is 4.79 Å². The van der Waals surface area contributed by atoms with Crippen LogP contribution in [0.5, 0.6) is 0 Å². The summed E-state index contributed by atoms with van der Waals surface area (Å²) >= 11 is 5.84. The fourth-order valence-electron chi connectivity index (χ4n) is 2.20. The van der Waals surface area contributed by atoms with E-state index in [0.29, 0.717) is 17.1 Å². The second-order valence-electron chi connectivity index (χ2n) is 5.26. The number of furan rings is 1. The highest BCUT2D eigenvalue weighted by atomic mass is 35.5. The van der Waals surface area contributed by atoms with E-state index in [1.165, 1.54) is 0 Å². The summed E-state index contributed by atoms with van der Waals surface area (Å²) in [6, 6.07) is 18.5. The van der Waals surface area contributed by atoms with Gasteiger partial charge in [-0.15, -0.1) is 0 Å². The summed E-state index contributed by atoms with van der Waals surface area (Å²) < 4.78 is 5.26. The van der Waals surface area contributed by atoms with Crippen molar-refractivity contribution in [3.8, 4) is 0 Å². The molecule has 0 aliphatic heterocycles. The molecule has 4 heteroatoms. The number of hydrogen-bond acceptors (Lipinski definition) is 3. The molecular formula is C20H16ClNO2. The zero-order valence-corrected chi connectivity index (χ0v) is 13.7. The molecule has 0 aliphatic rings. The molecule has 0 aliphatic carbocycles. The van der Waals surface area contributed by atoms with Crippen LogP contribution in [0.4, 0.5) is 5.69 Å². The molecule has 1 aromatic heterocycles. The molecule has 0 saturated carbocycles. The third-order valence-electron chi connectivity index (χ3n) is 3.51. The van der Waals surface area contributed by atoms with Gasteiger partial charge in [0.15, 0.2) is 5.78 Å². The molecule has 2 aromatic carbocycles. The minimum absolute atomic E-state index is 0.0393. The van der Waals surface area contributed by atoms with Gasteiger partial charge in [-0.25, -0.2) is 0 Å². The number of carbonyl (C=O) groups is 1. The van der Waals surface area contributed by atoms with Crippen LogP contribution >= 0.6 is 11.6 Å². The quantitative estimate of drug-likeness (QED) is 0.481. The van der Waals surface area contributed by atoms with Gasteiger partial charge in [0.1, 0.15) is 5.76 Å². The molecule has 0 unspecified atom stereocenters. The first kappa shape index (κ1) is 16.1. The SMILES string of the molecule is O=C(/C=C/c1ccc(Cl)cc1)c1ccc(NCc2ccco2)cc1. The van der Waals surface area contributed by atoms with Crippen LogP contribution in [0.15, 0.2) is 77.4 Å². The number of nitrogens with one attached hydrogen (secondary N) is 1. The van der Waals surface area contributed by atoms with Crippen molar-refractivity contribution in [3.63, 3.8) is 0 Å². The molecule has 0 saturated heterocycles. The second kappa shape index (κ2) is 7.66. The van der Waals surface area contributed by atoms with Gasteiger partial charge in [0.05, 0.1) is 12.8 Å². The molecule has 0 atom stereocenters. The molecule has 0 radical (unpaired) electrons. The number of rotatable bonds is 6. The van der Waals surface area contributed by atoms with Crippen LogP contribution in [0.3, 0.4) is 0 Å². The lowest BCUT2D eigenvalue weighted by molar-refractivity contribution is 0.104. The largest absolute Gasteiger partial charge is 0.467 e. The van der Waals surface area contributed by atoms with Gasteiger partial charge >= 0.3 is 0 Å². The maximum absolute atomic E-state index is 12.2. The first-order chi connectivity index (χ1) is 11.7. The molecule has 120 valence electrons. The number of allylic oxidation sites excluding steroid dienone is 1. The van der Waals surface area contributed by atoms with Gasteiger partial charge in [-0.2, -0.15) is 0 Å². The van der Waals surface area contributed by atoms with E-state index in [1.807, 2.05) is 36.4 Å². The Bertz CT molecular complexity index is 819. The maximum atomic E-state index is 12.2. The predicted molar refractivity (Wildman–Crippen MR) is 97.3 cm³/mol. The zero-order valence-electron chi connectivity index (χ0n) is 12.9. The number of halogens is 1. The summed E-state index contributed by atoms with van der Waals surface area (Å²) in [5, 5.41) is 3.92. The van der Waals surface area contributed by atoms with Crippen LogP contribution in [0.25, 0.3) is 6.08 Å². The monoisotopic (exact) mass is 337 g/mol. The molecule has 0 spiro atoms. The Morgan fingerprint density at radius 2 is 1.79 bits per heavy atom. The minimum Gasteiger partial charge on any atom is -0.467 e. The van der Waals surface area contributed by atoms with Crippen molar-refractivity contribution < 1.29 is 9.21 Å². The topological polar surface area (TPSA) is 42.2 Å². The average Bonchev–Trinajstić information content (AvgIpc) is 3.13. The van der Waals surface area contributed by atoms with E-state index in [-0.39, 0.29) is 5.78 Å². The molecule has 0 bridgehead atoms. The normalized spacial score (nSPS) is 10.9. The molecule has 0 amide bonds. The summed E-state index contributed by atoms with van der Waals surface area (Å²) in [7, 11) is 0. The Morgan fingerprint density at radius 3 is 2.46 bits per heavy atom. The van der Waals surface area contributed by atoms with Crippen molar-refractivity contribution in [3.05, 3.63) is 94.9 Å². The smallest absolute Gasteiger partial charge is 0.185 e. The molecular weight excluding hydrogens is 322 g/mol. The third kappa shape index (κ3) is 4.37. The van der Waals surface area contributed by atoms with Crippen LogP contribution in [-0.2, 0) is 6.54 Å². The van der Waals surface area contributed by atoms with E-state index < -0.39 is 0 Å². The van der Waals surface area contributed by atoms with Crippen LogP contribution in [0.1, 0.15) is 21.7 Å². The van der Waals surface area contributed by atoms with Crippen LogP contribution < -0.4 is 5.32 Å². The molecule has 0 fully saturated rings. The lowest BCUT2D eigenvalue weighted by Gasteiger charge is -2.05. The van der Waals surface area contributed by atoms with Gasteiger partial charge in [0, 0.05) is 16.3 Å². The highest BCUT2D eigenvalue weighted by molar-refractivity contribution is 6.30. The molecule has 3 rings (SSSR count). The van der Waals surface area contributed by atoms with Gasteiger partial charge in [-0.3, -0.25) is 4.79 Å². The first-order valence-electron chi connectivity index (χ1n) is 7.55. The Labute approximate surface area is 145 Å². The Kier molecular flexibility index (Phi) is 5.14. The van der Waals surface area contributed by atoms with E-state index in [1.54, 1.807) is 42.7 Å². The van der Waals surface area contributed by atoms with Crippen molar-refractivity contribution in [2.24, 2.45) is 0 Å². The lowest BCUT2D eigenvalue weighted by Crippen LogP contribution is -1.99. The Hall–Kier alpha value is -2.78. The van der Waals surface area contributed by atoms with Crippen LogP contribution in [0, 0.1) is 0 Å². The van der Waals surface area contributed by atoms with Crippen molar-refractivity contribution in [2.45, 2.75) is 6.54 Å². The lowest BCUT2D eigenvalue weighted by atomic mass is 10.1. The fraction of sp³-hybridized carbons (Fsp3) is 0.0500. The predicted octanol–water partition coefficient (Wildman–Crippen LogP) is 5.44. The van der Waals surface area contributed by atoms with Crippen molar-refractivity contribution in [1.82, 2.24) is 0 Å². The van der Waals surface area contributed by atoms with Crippen molar-refractivity contribution >= 4 is 29.1 Å². The maximum Gasteiger partial charge on any atom is 0.185 e. The zero-order chi connectivity index (χ0) is 16.8. The van der Waals surface area contributed by atoms with E-state index >= 15 is 0 Å². The molecule has 3 aromatic rings. The summed E-state index contributed by atoms with van der Waals surface area (Å²) in [4.78, 5) is 12.2. The van der Waals surface area contributed by atoms with Crippen LogP contribution in [0.2, 0.25) is 5.02 Å². The summed E-state index contributed by atoms with van der Waals surface area (Å²) in [6.45, 7) is 0.608. The highest BCUT2D eigenvalue weighted by Gasteiger charge is 2.02. The first-order valence-corrected chi connectivity index (χ1v) is 7.93. The molecule has 1 N–H and O–H groups in total. The van der Waals surface area contributed by atoms with E-state index in [0.717, 1.165) is 17.0 Å². The number of anilines is 1. The second-order valence-corrected chi connectivity index (χ2v) is 5.70. The Balaban J connectivity index is 1.60. The molecule has 24 heavy (non-hydrogen) atoms. The standard InChI is InChI=1S/C20H16ClNO2/c21-17-8-3-15(4-9-17)5-12-20(23)16-6-10-18(11-7-16)22-14-19-2-1-13-24-19/h1-13,22H,14H2/b12-5+. The number of benzene rings is 2. The van der Waals surface area contributed by atoms with Crippen LogP contribution in [-0.4, -0.2) is 5.78 Å². The fourth-order valence-corrected chi connectivity index (χ4v) is 2.32. The Morgan fingerprint density at radius 1 is 1.04 bits per heavy atom. The number of hydrogen-bond donors (Lipinski definition) is 1. The van der Waals surface area contributed by atoms with Gasteiger partial charge in [0.25, 0.3) is 0 Å². The summed E-state index contributed by atoms with van der Waals surface area (Å²) in [5.74, 6) is 0.823. The summed E-state index contributed by atoms with van der Waals surface area (Å²) in [6.07, 6.45) is 4.99. The van der Waals surface area contributed by atoms with E-state index in [2.05, 4.69) is 5.32 Å². The minimum atomic E-state index is -0.0393.